The van der Waals surface area contributed by atoms with Crippen LogP contribution >= 0.6 is 0 Å². The maximum Gasteiger partial charge on any atom is 0.244 e. The standard InChI is InChI=1S/C53H29BN4/c1-30-24-41-35-10-6-12-39-49(35)43(26-47-51(39)37-8-2-4-14-45(37)57(47)33-20-16-31(28-55)17-21-33)54-44-27-48-52(40-13-7-11-36(50(40)44)42(25-30)53(41)54)38-9-3-5-15-46(38)58(48)34-22-18-32(29-56)19-23-34/h2-27H,1H3. The third-order valence-corrected chi connectivity index (χ3v) is 13.0. The zero-order chi connectivity index (χ0) is 38.4. The molecular weight excluding hydrogens is 703 g/mol. The van der Waals surface area contributed by atoms with Crippen molar-refractivity contribution in [3.8, 4) is 45.8 Å². The molecule has 2 aliphatic heterocycles. The fourth-order valence-corrected chi connectivity index (χ4v) is 10.8. The summed E-state index contributed by atoms with van der Waals surface area (Å²) in [5, 5.41) is 29.4. The molecule has 0 fully saturated rings. The Hall–Kier alpha value is -7.86. The van der Waals surface area contributed by atoms with E-state index in [1.165, 1.54) is 87.3 Å². The summed E-state index contributed by atoms with van der Waals surface area (Å²) in [7, 11) is 0. The van der Waals surface area contributed by atoms with Crippen LogP contribution in [0.1, 0.15) is 16.7 Å². The predicted octanol–water partition coefficient (Wildman–Crippen LogP) is 10.7. The normalized spacial score (nSPS) is 12.5. The summed E-state index contributed by atoms with van der Waals surface area (Å²) in [5.74, 6) is 0. The molecule has 0 saturated carbocycles. The molecule has 0 aliphatic carbocycles. The van der Waals surface area contributed by atoms with E-state index in [4.69, 9.17) is 0 Å². The monoisotopic (exact) mass is 732 g/mol. The molecule has 0 amide bonds. The van der Waals surface area contributed by atoms with Crippen LogP contribution in [0.4, 0.5) is 0 Å². The maximum absolute atomic E-state index is 9.68. The summed E-state index contributed by atoms with van der Waals surface area (Å²) in [6.45, 7) is 2.20. The lowest BCUT2D eigenvalue weighted by Gasteiger charge is -2.35. The number of nitrogens with zero attached hydrogens (tertiary/aromatic N) is 4. The minimum atomic E-state index is -0.0333. The minimum absolute atomic E-state index is 0.0333. The molecule has 2 aromatic heterocycles. The van der Waals surface area contributed by atoms with Crippen molar-refractivity contribution in [2.75, 3.05) is 0 Å². The van der Waals surface area contributed by atoms with Gasteiger partial charge in [0.15, 0.2) is 0 Å². The summed E-state index contributed by atoms with van der Waals surface area (Å²) in [4.78, 5) is 0. The second-order valence-corrected chi connectivity index (χ2v) is 15.9. The highest BCUT2D eigenvalue weighted by molar-refractivity contribution is 7.01. The van der Waals surface area contributed by atoms with Crippen molar-refractivity contribution in [1.82, 2.24) is 9.13 Å². The number of hydrogen-bond acceptors (Lipinski definition) is 2. The number of hydrogen-bond donors (Lipinski definition) is 0. The van der Waals surface area contributed by atoms with Gasteiger partial charge in [0.2, 0.25) is 6.71 Å². The summed E-state index contributed by atoms with van der Waals surface area (Å²) >= 11 is 0. The van der Waals surface area contributed by atoms with Crippen LogP contribution in [-0.4, -0.2) is 15.8 Å². The first-order valence-electron chi connectivity index (χ1n) is 19.7. The first-order chi connectivity index (χ1) is 28.6. The molecule has 2 aliphatic rings. The second-order valence-electron chi connectivity index (χ2n) is 15.9. The molecule has 4 nitrogen and oxygen atoms in total. The van der Waals surface area contributed by atoms with Crippen LogP contribution in [0, 0.1) is 29.6 Å². The molecule has 264 valence electrons. The van der Waals surface area contributed by atoms with Gasteiger partial charge in [-0.05, 0) is 129 Å². The van der Waals surface area contributed by atoms with Crippen molar-refractivity contribution in [1.29, 1.82) is 10.5 Å². The van der Waals surface area contributed by atoms with Crippen LogP contribution in [-0.2, 0) is 0 Å². The van der Waals surface area contributed by atoms with E-state index in [1.54, 1.807) is 0 Å². The van der Waals surface area contributed by atoms with E-state index in [9.17, 15) is 10.5 Å². The van der Waals surface area contributed by atoms with Crippen LogP contribution in [0.2, 0.25) is 0 Å². The Morgan fingerprint density at radius 1 is 0.414 bits per heavy atom. The lowest BCUT2D eigenvalue weighted by Crippen LogP contribution is -2.57. The molecular formula is C53H29BN4. The van der Waals surface area contributed by atoms with Gasteiger partial charge in [0.1, 0.15) is 0 Å². The molecule has 0 atom stereocenters. The molecule has 0 unspecified atom stereocenters. The van der Waals surface area contributed by atoms with Gasteiger partial charge in [-0.25, -0.2) is 0 Å². The average molecular weight is 733 g/mol. The molecule has 13 rings (SSSR count). The Kier molecular flexibility index (Phi) is 6.02. The third kappa shape index (κ3) is 3.88. The Bertz CT molecular complexity index is 3510. The van der Waals surface area contributed by atoms with Crippen molar-refractivity contribution in [2.45, 2.75) is 6.92 Å². The highest BCUT2D eigenvalue weighted by Crippen LogP contribution is 2.45. The first-order valence-corrected chi connectivity index (χ1v) is 19.7. The van der Waals surface area contributed by atoms with Gasteiger partial charge in [-0.15, -0.1) is 0 Å². The van der Waals surface area contributed by atoms with Crippen LogP contribution in [0.25, 0.3) is 98.8 Å². The number of nitriles is 2. The molecule has 0 bridgehead atoms. The van der Waals surface area contributed by atoms with E-state index in [0.717, 1.165) is 33.4 Å². The number of rotatable bonds is 2. The van der Waals surface area contributed by atoms with E-state index in [0.29, 0.717) is 11.1 Å². The molecule has 5 heteroatoms. The van der Waals surface area contributed by atoms with Gasteiger partial charge in [0, 0.05) is 32.9 Å². The van der Waals surface area contributed by atoms with Gasteiger partial charge in [-0.1, -0.05) is 101 Å². The van der Waals surface area contributed by atoms with E-state index in [-0.39, 0.29) is 6.71 Å². The SMILES string of the molecule is Cc1cc2c3c(c1)-c1cccc4c1c(cc1c4c4ccccc4n1-c1ccc(C#N)cc1)B3c1cc3c(c4cccc-2c14)c1ccccc1n3-c1ccc(C#N)cc1. The molecule has 9 aromatic carbocycles. The fourth-order valence-electron chi connectivity index (χ4n) is 10.8. The summed E-state index contributed by atoms with van der Waals surface area (Å²) in [5.41, 5.74) is 18.4. The smallest absolute Gasteiger partial charge is 0.244 e. The average Bonchev–Trinajstić information content (AvgIpc) is 3.79. The molecule has 0 spiro atoms. The zero-order valence-electron chi connectivity index (χ0n) is 31.4. The number of aromatic nitrogens is 2. The quantitative estimate of drug-likeness (QED) is 0.166. The molecule has 0 radical (unpaired) electrons. The summed E-state index contributed by atoms with van der Waals surface area (Å²) in [6, 6.07) is 61.6. The lowest BCUT2D eigenvalue weighted by molar-refractivity contribution is 1.18. The van der Waals surface area contributed by atoms with Crippen molar-refractivity contribution < 1.29 is 0 Å². The highest BCUT2D eigenvalue weighted by Gasteiger charge is 2.40. The lowest BCUT2D eigenvalue weighted by atomic mass is 9.31. The topological polar surface area (TPSA) is 57.4 Å². The molecule has 11 aromatic rings. The maximum atomic E-state index is 9.68. The molecule has 4 heterocycles. The Balaban J connectivity index is 1.22. The molecule has 58 heavy (non-hydrogen) atoms. The van der Waals surface area contributed by atoms with Crippen molar-refractivity contribution in [3.63, 3.8) is 0 Å². The largest absolute Gasteiger partial charge is 0.309 e. The van der Waals surface area contributed by atoms with Crippen LogP contribution < -0.4 is 16.4 Å². The van der Waals surface area contributed by atoms with Crippen molar-refractivity contribution in [2.24, 2.45) is 0 Å². The molecule has 0 saturated heterocycles. The third-order valence-electron chi connectivity index (χ3n) is 13.0. The van der Waals surface area contributed by atoms with E-state index >= 15 is 0 Å². The Morgan fingerprint density at radius 3 is 1.29 bits per heavy atom. The zero-order valence-corrected chi connectivity index (χ0v) is 31.4. The first kappa shape index (κ1) is 31.4. The second kappa shape index (κ2) is 11.1. The number of fused-ring (bicyclic) bond motifs is 12. The van der Waals surface area contributed by atoms with E-state index < -0.39 is 0 Å². The van der Waals surface area contributed by atoms with Gasteiger partial charge in [0.05, 0.1) is 45.3 Å². The minimum Gasteiger partial charge on any atom is -0.309 e. The Morgan fingerprint density at radius 2 is 0.845 bits per heavy atom. The number of aryl methyl sites for hydroxylation is 1. The fraction of sp³-hybridized carbons (Fsp3) is 0.0189. The van der Waals surface area contributed by atoms with Crippen molar-refractivity contribution in [3.05, 3.63) is 174 Å². The van der Waals surface area contributed by atoms with E-state index in [2.05, 4.69) is 162 Å². The van der Waals surface area contributed by atoms with Gasteiger partial charge in [-0.3, -0.25) is 0 Å². The van der Waals surface area contributed by atoms with Gasteiger partial charge in [-0.2, -0.15) is 10.5 Å². The molecule has 0 N–H and O–H groups in total. The summed E-state index contributed by atoms with van der Waals surface area (Å²) < 4.78 is 4.77. The number of para-hydroxylation sites is 2. The van der Waals surface area contributed by atoms with Crippen LogP contribution in [0.5, 0.6) is 0 Å². The van der Waals surface area contributed by atoms with E-state index in [1.807, 2.05) is 24.3 Å². The van der Waals surface area contributed by atoms with Crippen LogP contribution in [0.3, 0.4) is 0 Å². The Labute approximate surface area is 333 Å². The van der Waals surface area contributed by atoms with Gasteiger partial charge < -0.3 is 9.13 Å². The highest BCUT2D eigenvalue weighted by atomic mass is 15.0. The predicted molar refractivity (Wildman–Crippen MR) is 240 cm³/mol. The number of benzene rings is 9. The van der Waals surface area contributed by atoms with Crippen molar-refractivity contribution >= 4 is 88.3 Å². The summed E-state index contributed by atoms with van der Waals surface area (Å²) in [6.07, 6.45) is 0. The van der Waals surface area contributed by atoms with Gasteiger partial charge in [0.25, 0.3) is 0 Å². The van der Waals surface area contributed by atoms with Crippen LogP contribution in [0.15, 0.2) is 158 Å². The van der Waals surface area contributed by atoms with Gasteiger partial charge >= 0.3 is 0 Å².